The van der Waals surface area contributed by atoms with E-state index in [1.807, 2.05) is 19.1 Å². The number of carbonyl (C=O) groups is 1. The fourth-order valence-electron chi connectivity index (χ4n) is 2.23. The highest BCUT2D eigenvalue weighted by Gasteiger charge is 2.17. The van der Waals surface area contributed by atoms with Gasteiger partial charge in [-0.2, -0.15) is 0 Å². The number of hydrogen-bond acceptors (Lipinski definition) is 4. The summed E-state index contributed by atoms with van der Waals surface area (Å²) in [6.07, 6.45) is 2.05. The van der Waals surface area contributed by atoms with E-state index in [0.717, 1.165) is 44.1 Å². The van der Waals surface area contributed by atoms with Gasteiger partial charge in [0, 0.05) is 36.9 Å². The van der Waals surface area contributed by atoms with E-state index in [9.17, 15) is 4.79 Å². The van der Waals surface area contributed by atoms with Gasteiger partial charge in [0.2, 0.25) is 0 Å². The van der Waals surface area contributed by atoms with Gasteiger partial charge in [0.15, 0.2) is 0 Å². The summed E-state index contributed by atoms with van der Waals surface area (Å²) in [4.78, 5) is 16.6. The van der Waals surface area contributed by atoms with Crippen molar-refractivity contribution >= 4 is 11.7 Å². The molecule has 0 radical (unpaired) electrons. The van der Waals surface area contributed by atoms with E-state index in [-0.39, 0.29) is 5.91 Å². The summed E-state index contributed by atoms with van der Waals surface area (Å²) in [7, 11) is 0. The van der Waals surface area contributed by atoms with Gasteiger partial charge in [-0.3, -0.25) is 4.79 Å². The van der Waals surface area contributed by atoms with Gasteiger partial charge in [0.05, 0.1) is 6.61 Å². The van der Waals surface area contributed by atoms with Crippen LogP contribution in [0.4, 0.5) is 5.82 Å². The Hall–Kier alpha value is -1.62. The van der Waals surface area contributed by atoms with Crippen LogP contribution in [0, 0.1) is 12.8 Å². The largest absolute Gasteiger partial charge is 0.381 e. The van der Waals surface area contributed by atoms with Crippen LogP contribution in [-0.4, -0.2) is 37.2 Å². The van der Waals surface area contributed by atoms with E-state index in [1.165, 1.54) is 0 Å². The van der Waals surface area contributed by atoms with Gasteiger partial charge in [-0.15, -0.1) is 0 Å². The van der Waals surface area contributed by atoms with Crippen LogP contribution in [0.2, 0.25) is 0 Å². The third kappa shape index (κ3) is 4.20. The van der Waals surface area contributed by atoms with E-state index >= 15 is 0 Å². The number of amides is 1. The molecular weight excluding hydrogens is 254 g/mol. The van der Waals surface area contributed by atoms with E-state index in [4.69, 9.17) is 4.74 Å². The Labute approximate surface area is 120 Å². The standard InChI is InChI=1S/C15H23N3O2/c1-3-5-16-14-8-13(7-11(2)18-14)15(19)17-9-12-4-6-20-10-12/h7-8,12H,3-6,9-10H2,1-2H3,(H,16,18)(H,17,19). The Balaban J connectivity index is 1.95. The predicted octanol–water partition coefficient (Wildman–Crippen LogP) is 1.98. The van der Waals surface area contributed by atoms with E-state index in [0.29, 0.717) is 18.0 Å². The highest BCUT2D eigenvalue weighted by molar-refractivity contribution is 5.95. The highest BCUT2D eigenvalue weighted by atomic mass is 16.5. The van der Waals surface area contributed by atoms with Gasteiger partial charge in [0.1, 0.15) is 5.82 Å². The number of aryl methyl sites for hydroxylation is 1. The molecule has 2 heterocycles. The number of anilines is 1. The first-order valence-corrected chi connectivity index (χ1v) is 7.27. The smallest absolute Gasteiger partial charge is 0.251 e. The molecule has 0 bridgehead atoms. The van der Waals surface area contributed by atoms with Crippen LogP contribution in [0.1, 0.15) is 35.8 Å². The van der Waals surface area contributed by atoms with Gasteiger partial charge < -0.3 is 15.4 Å². The van der Waals surface area contributed by atoms with Crippen molar-refractivity contribution in [2.24, 2.45) is 5.92 Å². The van der Waals surface area contributed by atoms with Gasteiger partial charge >= 0.3 is 0 Å². The lowest BCUT2D eigenvalue weighted by molar-refractivity contribution is 0.0945. The highest BCUT2D eigenvalue weighted by Crippen LogP contribution is 2.13. The number of nitrogens with zero attached hydrogens (tertiary/aromatic N) is 1. The average Bonchev–Trinajstić information content (AvgIpc) is 2.95. The second kappa shape index (κ2) is 7.24. The van der Waals surface area contributed by atoms with Crippen LogP contribution < -0.4 is 10.6 Å². The molecule has 5 heteroatoms. The Morgan fingerprint density at radius 1 is 1.50 bits per heavy atom. The Morgan fingerprint density at radius 2 is 2.35 bits per heavy atom. The normalized spacial score (nSPS) is 18.0. The summed E-state index contributed by atoms with van der Waals surface area (Å²) in [6, 6.07) is 3.63. The Kier molecular flexibility index (Phi) is 5.35. The number of nitrogens with one attached hydrogen (secondary N) is 2. The van der Waals surface area contributed by atoms with Gasteiger partial charge in [-0.05, 0) is 31.9 Å². The van der Waals surface area contributed by atoms with Gasteiger partial charge in [-0.1, -0.05) is 6.92 Å². The zero-order valence-electron chi connectivity index (χ0n) is 12.2. The molecule has 110 valence electrons. The molecule has 1 unspecified atom stereocenters. The summed E-state index contributed by atoms with van der Waals surface area (Å²) in [5, 5.41) is 6.19. The molecule has 1 aliphatic heterocycles. The van der Waals surface area contributed by atoms with Crippen molar-refractivity contribution in [2.45, 2.75) is 26.7 Å². The molecule has 1 aromatic heterocycles. The van der Waals surface area contributed by atoms with E-state index < -0.39 is 0 Å². The van der Waals surface area contributed by atoms with Crippen LogP contribution in [0.3, 0.4) is 0 Å². The molecule has 0 spiro atoms. The average molecular weight is 277 g/mol. The minimum absolute atomic E-state index is 0.0399. The monoisotopic (exact) mass is 277 g/mol. The van der Waals surface area contributed by atoms with Gasteiger partial charge in [0.25, 0.3) is 5.91 Å². The molecule has 1 atom stereocenters. The number of rotatable bonds is 6. The molecule has 1 aromatic rings. The first kappa shape index (κ1) is 14.8. The van der Waals surface area contributed by atoms with E-state index in [1.54, 1.807) is 0 Å². The Bertz CT molecular complexity index is 456. The van der Waals surface area contributed by atoms with Crippen molar-refractivity contribution in [3.8, 4) is 0 Å². The van der Waals surface area contributed by atoms with Crippen molar-refractivity contribution in [1.29, 1.82) is 0 Å². The molecule has 0 aliphatic carbocycles. The van der Waals surface area contributed by atoms with Crippen LogP contribution in [0.15, 0.2) is 12.1 Å². The van der Waals surface area contributed by atoms with Crippen LogP contribution in [-0.2, 0) is 4.74 Å². The number of ether oxygens (including phenoxy) is 1. The van der Waals surface area contributed by atoms with Crippen LogP contribution >= 0.6 is 0 Å². The van der Waals surface area contributed by atoms with Crippen molar-refractivity contribution in [3.63, 3.8) is 0 Å². The SMILES string of the molecule is CCCNc1cc(C(=O)NCC2CCOC2)cc(C)n1. The zero-order chi connectivity index (χ0) is 14.4. The molecule has 1 fully saturated rings. The molecule has 0 saturated carbocycles. The molecule has 1 saturated heterocycles. The summed E-state index contributed by atoms with van der Waals surface area (Å²) in [5.74, 6) is 1.17. The zero-order valence-corrected chi connectivity index (χ0v) is 12.2. The lowest BCUT2D eigenvalue weighted by Crippen LogP contribution is -2.29. The third-order valence-electron chi connectivity index (χ3n) is 3.35. The minimum atomic E-state index is -0.0399. The first-order chi connectivity index (χ1) is 9.69. The lowest BCUT2D eigenvalue weighted by atomic mass is 10.1. The topological polar surface area (TPSA) is 63.2 Å². The molecule has 0 aromatic carbocycles. The summed E-state index contributed by atoms with van der Waals surface area (Å²) < 4.78 is 5.31. The maximum atomic E-state index is 12.2. The minimum Gasteiger partial charge on any atom is -0.381 e. The van der Waals surface area contributed by atoms with E-state index in [2.05, 4.69) is 22.5 Å². The van der Waals surface area contributed by atoms with Crippen molar-refractivity contribution in [2.75, 3.05) is 31.6 Å². The lowest BCUT2D eigenvalue weighted by Gasteiger charge is -2.11. The molecule has 1 amide bonds. The quantitative estimate of drug-likeness (QED) is 0.834. The maximum absolute atomic E-state index is 12.2. The predicted molar refractivity (Wildman–Crippen MR) is 79.0 cm³/mol. The fraction of sp³-hybridized carbons (Fsp3) is 0.600. The number of pyridine rings is 1. The van der Waals surface area contributed by atoms with Crippen molar-refractivity contribution in [3.05, 3.63) is 23.4 Å². The maximum Gasteiger partial charge on any atom is 0.251 e. The molecule has 5 nitrogen and oxygen atoms in total. The van der Waals surface area contributed by atoms with Crippen LogP contribution in [0.25, 0.3) is 0 Å². The van der Waals surface area contributed by atoms with Crippen molar-refractivity contribution in [1.82, 2.24) is 10.3 Å². The first-order valence-electron chi connectivity index (χ1n) is 7.27. The summed E-state index contributed by atoms with van der Waals surface area (Å²) in [6.45, 7) is 7.09. The molecule has 1 aliphatic rings. The second-order valence-electron chi connectivity index (χ2n) is 5.25. The van der Waals surface area contributed by atoms with Crippen LogP contribution in [0.5, 0.6) is 0 Å². The number of hydrogen-bond donors (Lipinski definition) is 2. The molecule has 2 N–H and O–H groups in total. The number of carbonyl (C=O) groups excluding carboxylic acids is 1. The Morgan fingerprint density at radius 3 is 3.05 bits per heavy atom. The van der Waals surface area contributed by atoms with Crippen molar-refractivity contribution < 1.29 is 9.53 Å². The summed E-state index contributed by atoms with van der Waals surface area (Å²) in [5.41, 5.74) is 1.51. The molecule has 2 rings (SSSR count). The van der Waals surface area contributed by atoms with Gasteiger partial charge in [-0.25, -0.2) is 4.98 Å². The molecular formula is C15H23N3O2. The summed E-state index contributed by atoms with van der Waals surface area (Å²) >= 11 is 0. The molecule has 20 heavy (non-hydrogen) atoms. The number of aromatic nitrogens is 1. The third-order valence-corrected chi connectivity index (χ3v) is 3.35. The second-order valence-corrected chi connectivity index (χ2v) is 5.25. The fourth-order valence-corrected chi connectivity index (χ4v) is 2.23.